The molecule has 3 aromatic rings. The van der Waals surface area contributed by atoms with Gasteiger partial charge in [0.2, 0.25) is 5.95 Å². The molecule has 4 rings (SSSR count). The molecule has 0 atom stereocenters. The van der Waals surface area contributed by atoms with E-state index in [0.717, 1.165) is 31.9 Å². The second-order valence-corrected chi connectivity index (χ2v) is 6.86. The Morgan fingerprint density at radius 2 is 1.75 bits per heavy atom. The van der Waals surface area contributed by atoms with Crippen LogP contribution in [0.2, 0.25) is 5.02 Å². The van der Waals surface area contributed by atoms with Gasteiger partial charge in [-0.2, -0.15) is 10.1 Å². The van der Waals surface area contributed by atoms with Crippen LogP contribution in [0.3, 0.4) is 0 Å². The second-order valence-electron chi connectivity index (χ2n) is 6.42. The number of benzene rings is 2. The Hall–Kier alpha value is -3.06. The first-order valence-electron chi connectivity index (χ1n) is 9.08. The lowest BCUT2D eigenvalue weighted by molar-refractivity contribution is 0.417. The third kappa shape index (κ3) is 4.09. The Morgan fingerprint density at radius 3 is 2.50 bits per heavy atom. The highest BCUT2D eigenvalue weighted by atomic mass is 35.5. The zero-order valence-electron chi connectivity index (χ0n) is 15.5. The smallest absolute Gasteiger partial charge is 0.247 e. The number of rotatable bonds is 5. The van der Waals surface area contributed by atoms with Crippen LogP contribution in [0.15, 0.2) is 54.7 Å². The predicted octanol–water partition coefficient (Wildman–Crippen LogP) is 3.60. The molecule has 8 heteroatoms. The summed E-state index contributed by atoms with van der Waals surface area (Å²) in [7, 11) is 1.62. The van der Waals surface area contributed by atoms with Crippen molar-refractivity contribution < 1.29 is 4.74 Å². The largest absolute Gasteiger partial charge is 0.495 e. The fourth-order valence-corrected chi connectivity index (χ4v) is 3.38. The van der Waals surface area contributed by atoms with Gasteiger partial charge in [-0.15, -0.1) is 5.10 Å². The van der Waals surface area contributed by atoms with Crippen LogP contribution >= 0.6 is 11.6 Å². The summed E-state index contributed by atoms with van der Waals surface area (Å²) in [5.74, 6) is 1.88. The van der Waals surface area contributed by atoms with E-state index in [1.54, 1.807) is 25.4 Å². The van der Waals surface area contributed by atoms with Crippen LogP contribution in [-0.4, -0.2) is 48.5 Å². The van der Waals surface area contributed by atoms with E-state index in [2.05, 4.69) is 54.6 Å². The van der Waals surface area contributed by atoms with Crippen molar-refractivity contribution in [2.75, 3.05) is 48.4 Å². The van der Waals surface area contributed by atoms with Gasteiger partial charge in [-0.25, -0.2) is 0 Å². The molecule has 28 heavy (non-hydrogen) atoms. The molecule has 0 aliphatic carbocycles. The van der Waals surface area contributed by atoms with Crippen molar-refractivity contribution in [2.45, 2.75) is 0 Å². The third-order valence-electron chi connectivity index (χ3n) is 4.66. The van der Waals surface area contributed by atoms with Crippen molar-refractivity contribution in [3.05, 3.63) is 59.8 Å². The molecule has 1 aromatic heterocycles. The number of hydrogen-bond donors (Lipinski definition) is 1. The van der Waals surface area contributed by atoms with Crippen LogP contribution in [-0.2, 0) is 0 Å². The molecule has 1 aliphatic rings. The van der Waals surface area contributed by atoms with E-state index in [4.69, 9.17) is 16.3 Å². The highest BCUT2D eigenvalue weighted by molar-refractivity contribution is 6.31. The molecular weight excluding hydrogens is 376 g/mol. The third-order valence-corrected chi connectivity index (χ3v) is 4.89. The number of halogens is 1. The topological polar surface area (TPSA) is 66.4 Å². The first-order chi connectivity index (χ1) is 13.7. The average Bonchev–Trinajstić information content (AvgIpc) is 2.75. The predicted molar refractivity (Wildman–Crippen MR) is 112 cm³/mol. The van der Waals surface area contributed by atoms with Crippen LogP contribution in [0.4, 0.5) is 23.1 Å². The van der Waals surface area contributed by atoms with Crippen LogP contribution < -0.4 is 19.9 Å². The highest BCUT2D eigenvalue weighted by Crippen LogP contribution is 2.30. The van der Waals surface area contributed by atoms with Gasteiger partial charge in [-0.05, 0) is 30.3 Å². The van der Waals surface area contributed by atoms with Gasteiger partial charge < -0.3 is 19.9 Å². The molecule has 1 N–H and O–H groups in total. The van der Waals surface area contributed by atoms with Crippen LogP contribution in [0.1, 0.15) is 0 Å². The molecule has 0 radical (unpaired) electrons. The summed E-state index contributed by atoms with van der Waals surface area (Å²) in [5.41, 5.74) is 1.97. The number of methoxy groups -OCH3 is 1. The summed E-state index contributed by atoms with van der Waals surface area (Å²) in [6.45, 7) is 3.49. The number of nitrogens with zero attached hydrogens (tertiary/aromatic N) is 5. The minimum absolute atomic E-state index is 0.594. The molecule has 1 fully saturated rings. The van der Waals surface area contributed by atoms with Crippen molar-refractivity contribution in [2.24, 2.45) is 0 Å². The molecule has 0 amide bonds. The number of piperazine rings is 1. The molecule has 2 heterocycles. The van der Waals surface area contributed by atoms with Gasteiger partial charge in [-0.3, -0.25) is 0 Å². The van der Waals surface area contributed by atoms with E-state index in [1.807, 2.05) is 12.1 Å². The minimum Gasteiger partial charge on any atom is -0.495 e. The van der Waals surface area contributed by atoms with Gasteiger partial charge in [0.25, 0.3) is 0 Å². The molecule has 0 saturated carbocycles. The number of anilines is 4. The summed E-state index contributed by atoms with van der Waals surface area (Å²) >= 11 is 6.10. The first-order valence-corrected chi connectivity index (χ1v) is 9.46. The lowest BCUT2D eigenvalue weighted by Crippen LogP contribution is -2.47. The van der Waals surface area contributed by atoms with Crippen LogP contribution in [0.25, 0.3) is 0 Å². The van der Waals surface area contributed by atoms with Gasteiger partial charge in [0, 0.05) is 36.9 Å². The van der Waals surface area contributed by atoms with Crippen LogP contribution in [0, 0.1) is 0 Å². The summed E-state index contributed by atoms with van der Waals surface area (Å²) in [4.78, 5) is 9.13. The molecule has 1 saturated heterocycles. The lowest BCUT2D eigenvalue weighted by Gasteiger charge is -2.35. The average molecular weight is 397 g/mol. The molecule has 7 nitrogen and oxygen atoms in total. The SMILES string of the molecule is COc1ccc(Cl)cc1Nc1cnnc(N2CCN(c3ccccc3)CC2)n1. The van der Waals surface area contributed by atoms with Crippen molar-refractivity contribution in [3.63, 3.8) is 0 Å². The van der Waals surface area contributed by atoms with E-state index in [1.165, 1.54) is 5.69 Å². The van der Waals surface area contributed by atoms with Crippen molar-refractivity contribution in [1.82, 2.24) is 15.2 Å². The molecule has 0 spiro atoms. The standard InChI is InChI=1S/C20H21ClN6O/c1-28-18-8-7-15(21)13-17(18)23-19-14-22-25-20(24-19)27-11-9-26(10-12-27)16-5-3-2-4-6-16/h2-8,13-14H,9-12H2,1H3,(H,23,24,25). The van der Waals surface area contributed by atoms with Crippen molar-refractivity contribution in [3.8, 4) is 5.75 Å². The van der Waals surface area contributed by atoms with E-state index in [9.17, 15) is 0 Å². The first kappa shape index (κ1) is 18.3. The normalized spacial score (nSPS) is 14.1. The Bertz CT molecular complexity index is 931. The quantitative estimate of drug-likeness (QED) is 0.706. The van der Waals surface area contributed by atoms with Crippen LogP contribution in [0.5, 0.6) is 5.75 Å². The van der Waals surface area contributed by atoms with Crippen molar-refractivity contribution in [1.29, 1.82) is 0 Å². The maximum Gasteiger partial charge on any atom is 0.247 e. The van der Waals surface area contributed by atoms with E-state index in [-0.39, 0.29) is 0 Å². The minimum atomic E-state index is 0.594. The number of nitrogens with one attached hydrogen (secondary N) is 1. The molecule has 0 unspecified atom stereocenters. The maximum atomic E-state index is 6.10. The summed E-state index contributed by atoms with van der Waals surface area (Å²) in [6, 6.07) is 15.8. The number of aromatic nitrogens is 3. The van der Waals surface area contributed by atoms with Gasteiger partial charge >= 0.3 is 0 Å². The van der Waals surface area contributed by atoms with Gasteiger partial charge in [0.15, 0.2) is 5.82 Å². The monoisotopic (exact) mass is 396 g/mol. The maximum absolute atomic E-state index is 6.10. The number of ether oxygens (including phenoxy) is 1. The Balaban J connectivity index is 1.45. The molecule has 144 valence electrons. The summed E-state index contributed by atoms with van der Waals surface area (Å²) in [5, 5.41) is 12.2. The lowest BCUT2D eigenvalue weighted by atomic mass is 10.2. The van der Waals surface area contributed by atoms with E-state index >= 15 is 0 Å². The fourth-order valence-electron chi connectivity index (χ4n) is 3.21. The van der Waals surface area contributed by atoms with E-state index in [0.29, 0.717) is 22.5 Å². The Labute approximate surface area is 168 Å². The Kier molecular flexibility index (Phi) is 5.43. The molecular formula is C20H21ClN6O. The Morgan fingerprint density at radius 1 is 1.00 bits per heavy atom. The van der Waals surface area contributed by atoms with E-state index < -0.39 is 0 Å². The molecule has 1 aliphatic heterocycles. The zero-order chi connectivity index (χ0) is 19.3. The number of hydrogen-bond acceptors (Lipinski definition) is 7. The van der Waals surface area contributed by atoms with Gasteiger partial charge in [0.05, 0.1) is 19.0 Å². The van der Waals surface area contributed by atoms with Crippen molar-refractivity contribution >= 4 is 34.7 Å². The fraction of sp³-hybridized carbons (Fsp3) is 0.250. The second kappa shape index (κ2) is 8.31. The highest BCUT2D eigenvalue weighted by Gasteiger charge is 2.20. The molecule has 2 aromatic carbocycles. The number of para-hydroxylation sites is 1. The zero-order valence-corrected chi connectivity index (χ0v) is 16.3. The van der Waals surface area contributed by atoms with Gasteiger partial charge in [0.1, 0.15) is 5.75 Å². The summed E-state index contributed by atoms with van der Waals surface area (Å²) in [6.07, 6.45) is 1.59. The van der Waals surface area contributed by atoms with Gasteiger partial charge in [-0.1, -0.05) is 29.8 Å². The summed E-state index contributed by atoms with van der Waals surface area (Å²) < 4.78 is 5.37. The molecule has 0 bridgehead atoms.